The molecule has 0 saturated carbocycles. The van der Waals surface area contributed by atoms with Crippen molar-refractivity contribution in [3.8, 4) is 5.75 Å². The van der Waals surface area contributed by atoms with Crippen molar-refractivity contribution in [2.24, 2.45) is 5.73 Å². The molecule has 0 aliphatic heterocycles. The molecule has 0 fully saturated rings. The molecule has 2 aromatic rings. The molecule has 0 aromatic heterocycles. The highest BCUT2D eigenvalue weighted by Gasteiger charge is 2.19. The number of allylic oxidation sites excluding steroid dienone is 1. The molecule has 1 aliphatic carbocycles. The average Bonchev–Trinajstić information content (AvgIpc) is 2.53. The summed E-state index contributed by atoms with van der Waals surface area (Å²) in [5, 5.41) is 0. The van der Waals surface area contributed by atoms with Gasteiger partial charge in [-0.3, -0.25) is 4.79 Å². The second kappa shape index (κ2) is 5.44. The van der Waals surface area contributed by atoms with Gasteiger partial charge in [-0.2, -0.15) is 0 Å². The lowest BCUT2D eigenvalue weighted by Gasteiger charge is -2.20. The molecule has 3 heteroatoms. The Morgan fingerprint density at radius 1 is 1.14 bits per heavy atom. The Kier molecular flexibility index (Phi) is 3.48. The normalized spacial score (nSPS) is 13.3. The van der Waals surface area contributed by atoms with Gasteiger partial charge in [-0.25, -0.2) is 0 Å². The minimum atomic E-state index is -0.420. The van der Waals surface area contributed by atoms with Crippen LogP contribution < -0.4 is 10.5 Å². The second-order valence-corrected chi connectivity index (χ2v) is 5.09. The van der Waals surface area contributed by atoms with E-state index in [-0.39, 0.29) is 0 Å². The first-order valence-corrected chi connectivity index (χ1v) is 6.97. The predicted molar refractivity (Wildman–Crippen MR) is 83.4 cm³/mol. The number of amides is 1. The number of nitrogens with two attached hydrogens (primary N) is 1. The van der Waals surface area contributed by atoms with Gasteiger partial charge in [-0.1, -0.05) is 30.3 Å². The summed E-state index contributed by atoms with van der Waals surface area (Å²) in [5.74, 6) is 0.301. The number of rotatable bonds is 3. The maximum Gasteiger partial charge on any atom is 0.249 e. The summed E-state index contributed by atoms with van der Waals surface area (Å²) in [4.78, 5) is 11.7. The van der Waals surface area contributed by atoms with E-state index in [1.54, 1.807) is 19.2 Å². The van der Waals surface area contributed by atoms with Gasteiger partial charge >= 0.3 is 0 Å². The zero-order chi connectivity index (χ0) is 14.8. The van der Waals surface area contributed by atoms with Crippen LogP contribution in [0, 0.1) is 0 Å². The van der Waals surface area contributed by atoms with Crippen LogP contribution in [-0.2, 0) is 6.42 Å². The van der Waals surface area contributed by atoms with Gasteiger partial charge in [0.25, 0.3) is 0 Å². The molecule has 21 heavy (non-hydrogen) atoms. The summed E-state index contributed by atoms with van der Waals surface area (Å²) < 4.78 is 5.29. The third kappa shape index (κ3) is 2.42. The molecule has 3 rings (SSSR count). The number of ether oxygens (including phenoxy) is 1. The largest absolute Gasteiger partial charge is 0.497 e. The number of aryl methyl sites for hydroxylation is 1. The zero-order valence-electron chi connectivity index (χ0n) is 11.9. The number of benzene rings is 2. The molecule has 0 saturated heterocycles. The van der Waals surface area contributed by atoms with E-state index in [0.717, 1.165) is 29.7 Å². The highest BCUT2D eigenvalue weighted by atomic mass is 16.5. The Labute approximate surface area is 124 Å². The molecule has 2 aromatic carbocycles. The summed E-state index contributed by atoms with van der Waals surface area (Å²) >= 11 is 0. The van der Waals surface area contributed by atoms with Crippen molar-refractivity contribution in [2.75, 3.05) is 7.11 Å². The molecule has 0 bridgehead atoms. The fourth-order valence-electron chi connectivity index (χ4n) is 2.83. The monoisotopic (exact) mass is 279 g/mol. The van der Waals surface area contributed by atoms with Crippen LogP contribution in [0.2, 0.25) is 0 Å². The lowest BCUT2D eigenvalue weighted by Crippen LogP contribution is -2.14. The van der Waals surface area contributed by atoms with Gasteiger partial charge in [0.15, 0.2) is 0 Å². The average molecular weight is 279 g/mol. The van der Waals surface area contributed by atoms with E-state index < -0.39 is 5.91 Å². The van der Waals surface area contributed by atoms with Gasteiger partial charge in [0.1, 0.15) is 5.75 Å². The molecule has 3 nitrogen and oxygen atoms in total. The van der Waals surface area contributed by atoms with Crippen molar-refractivity contribution in [2.45, 2.75) is 12.8 Å². The Morgan fingerprint density at radius 2 is 1.95 bits per heavy atom. The van der Waals surface area contributed by atoms with E-state index in [9.17, 15) is 4.79 Å². The number of carbonyl (C=O) groups is 1. The van der Waals surface area contributed by atoms with Crippen LogP contribution in [0.5, 0.6) is 5.75 Å². The van der Waals surface area contributed by atoms with E-state index in [0.29, 0.717) is 5.56 Å². The summed E-state index contributed by atoms with van der Waals surface area (Å²) in [7, 11) is 1.62. The van der Waals surface area contributed by atoms with Crippen LogP contribution >= 0.6 is 0 Å². The van der Waals surface area contributed by atoms with Crippen LogP contribution in [0.15, 0.2) is 48.5 Å². The third-order valence-electron chi connectivity index (χ3n) is 3.85. The van der Waals surface area contributed by atoms with Crippen LogP contribution in [-0.4, -0.2) is 13.0 Å². The molecular formula is C18H17NO2. The highest BCUT2D eigenvalue weighted by Crippen LogP contribution is 2.34. The number of hydrogen-bond acceptors (Lipinski definition) is 2. The maximum atomic E-state index is 11.7. The Bertz CT molecular complexity index is 732. The molecule has 1 aliphatic rings. The number of carbonyl (C=O) groups excluding carboxylic acids is 1. The fourth-order valence-corrected chi connectivity index (χ4v) is 2.83. The van der Waals surface area contributed by atoms with Crippen LogP contribution in [0.4, 0.5) is 0 Å². The molecule has 106 valence electrons. The SMILES string of the molecule is COc1ccc(C(N)=O)c(C2=CCCc3ccccc32)c1. The van der Waals surface area contributed by atoms with E-state index in [2.05, 4.69) is 18.2 Å². The molecule has 1 amide bonds. The van der Waals surface area contributed by atoms with E-state index in [4.69, 9.17) is 10.5 Å². The molecular weight excluding hydrogens is 262 g/mol. The van der Waals surface area contributed by atoms with Crippen LogP contribution in [0.3, 0.4) is 0 Å². The van der Waals surface area contributed by atoms with Gasteiger partial charge < -0.3 is 10.5 Å². The molecule has 0 atom stereocenters. The topological polar surface area (TPSA) is 52.3 Å². The quantitative estimate of drug-likeness (QED) is 0.938. The van der Waals surface area contributed by atoms with Crippen molar-refractivity contribution in [1.82, 2.24) is 0 Å². The minimum absolute atomic E-state index is 0.420. The van der Waals surface area contributed by atoms with Crippen molar-refractivity contribution in [3.63, 3.8) is 0 Å². The van der Waals surface area contributed by atoms with Gasteiger partial charge in [0.05, 0.1) is 7.11 Å². The Hall–Kier alpha value is -2.55. The number of hydrogen-bond donors (Lipinski definition) is 1. The van der Waals surface area contributed by atoms with Crippen LogP contribution in [0.25, 0.3) is 5.57 Å². The Morgan fingerprint density at radius 3 is 2.71 bits per heavy atom. The van der Waals surface area contributed by atoms with Gasteiger partial charge in [0.2, 0.25) is 5.91 Å². The van der Waals surface area contributed by atoms with Gasteiger partial charge in [-0.15, -0.1) is 0 Å². The van der Waals surface area contributed by atoms with Gasteiger partial charge in [0, 0.05) is 5.56 Å². The molecule has 0 spiro atoms. The zero-order valence-corrected chi connectivity index (χ0v) is 11.9. The fraction of sp³-hybridized carbons (Fsp3) is 0.167. The number of methoxy groups -OCH3 is 1. The maximum absolute atomic E-state index is 11.7. The molecule has 0 radical (unpaired) electrons. The lowest BCUT2D eigenvalue weighted by molar-refractivity contribution is 0.1000. The standard InChI is InChI=1S/C18H17NO2/c1-21-13-9-10-16(18(19)20)17(11-13)15-8-4-6-12-5-2-3-7-14(12)15/h2-3,5,7-11H,4,6H2,1H3,(H2,19,20). The summed E-state index contributed by atoms with van der Waals surface area (Å²) in [5.41, 5.74) is 10.4. The second-order valence-electron chi connectivity index (χ2n) is 5.09. The Balaban J connectivity index is 2.20. The third-order valence-corrected chi connectivity index (χ3v) is 3.85. The highest BCUT2D eigenvalue weighted by molar-refractivity contribution is 6.00. The van der Waals surface area contributed by atoms with Crippen molar-refractivity contribution in [3.05, 3.63) is 70.8 Å². The van der Waals surface area contributed by atoms with E-state index in [1.807, 2.05) is 18.2 Å². The van der Waals surface area contributed by atoms with Crippen molar-refractivity contribution >= 4 is 11.5 Å². The number of fused-ring (bicyclic) bond motifs is 1. The summed E-state index contributed by atoms with van der Waals surface area (Å²) in [6, 6.07) is 13.7. The van der Waals surface area contributed by atoms with Gasteiger partial charge in [-0.05, 0) is 53.3 Å². The van der Waals surface area contributed by atoms with E-state index in [1.165, 1.54) is 11.1 Å². The predicted octanol–water partition coefficient (Wildman–Crippen LogP) is 3.17. The molecule has 2 N–H and O–H groups in total. The van der Waals surface area contributed by atoms with Crippen molar-refractivity contribution < 1.29 is 9.53 Å². The number of primary amides is 1. The van der Waals surface area contributed by atoms with Crippen LogP contribution in [0.1, 0.15) is 33.5 Å². The first-order chi connectivity index (χ1) is 10.2. The summed E-state index contributed by atoms with van der Waals surface area (Å²) in [6.45, 7) is 0. The minimum Gasteiger partial charge on any atom is -0.497 e. The molecule has 0 heterocycles. The first kappa shape index (κ1) is 13.4. The smallest absolute Gasteiger partial charge is 0.249 e. The van der Waals surface area contributed by atoms with Crippen molar-refractivity contribution in [1.29, 1.82) is 0 Å². The summed E-state index contributed by atoms with van der Waals surface area (Å²) in [6.07, 6.45) is 4.15. The molecule has 0 unspecified atom stereocenters. The van der Waals surface area contributed by atoms with E-state index >= 15 is 0 Å². The first-order valence-electron chi connectivity index (χ1n) is 6.97. The lowest BCUT2D eigenvalue weighted by atomic mass is 9.85.